The molecule has 1 aromatic rings. The first-order valence-electron chi connectivity index (χ1n) is 6.33. The van der Waals surface area contributed by atoms with Gasteiger partial charge in [-0.1, -0.05) is 13.8 Å². The lowest BCUT2D eigenvalue weighted by Gasteiger charge is -2.38. The lowest BCUT2D eigenvalue weighted by Crippen LogP contribution is -2.55. The minimum absolute atomic E-state index is 0.0410. The maximum atomic E-state index is 5.70. The van der Waals surface area contributed by atoms with Crippen LogP contribution in [0, 0.1) is 0 Å². The van der Waals surface area contributed by atoms with Crippen molar-refractivity contribution in [3.63, 3.8) is 0 Å². The van der Waals surface area contributed by atoms with Crippen molar-refractivity contribution in [1.82, 2.24) is 10.4 Å². The number of methoxy groups -OCH3 is 1. The van der Waals surface area contributed by atoms with Gasteiger partial charge in [-0.2, -0.15) is 0 Å². The minimum Gasteiger partial charge on any atom is -0.384 e. The normalized spacial score (nSPS) is 13.6. The molecule has 0 spiro atoms. The van der Waals surface area contributed by atoms with E-state index in [4.69, 9.17) is 16.3 Å². The van der Waals surface area contributed by atoms with E-state index in [1.807, 2.05) is 12.1 Å². The number of anilines is 1. The van der Waals surface area contributed by atoms with Gasteiger partial charge >= 0.3 is 0 Å². The highest BCUT2D eigenvalue weighted by molar-refractivity contribution is 5.32. The van der Waals surface area contributed by atoms with E-state index in [1.54, 1.807) is 13.3 Å². The highest BCUT2D eigenvalue weighted by Gasteiger charge is 2.35. The number of ether oxygens (including phenoxy) is 1. The quantitative estimate of drug-likeness (QED) is 0.502. The maximum absolute atomic E-state index is 5.70. The first kappa shape index (κ1) is 14.9. The monoisotopic (exact) mass is 252 g/mol. The molecule has 0 radical (unpaired) electrons. The number of pyridine rings is 1. The predicted octanol–water partition coefficient (Wildman–Crippen LogP) is 1.24. The topological polar surface area (TPSA) is 86.2 Å². The molecule has 0 bridgehead atoms. The molecule has 1 atom stereocenters. The molecule has 0 saturated heterocycles. The molecule has 0 aliphatic rings. The Labute approximate surface area is 109 Å². The van der Waals surface area contributed by atoms with Crippen LogP contribution in [0.15, 0.2) is 18.3 Å². The van der Waals surface area contributed by atoms with Crippen LogP contribution in [0.3, 0.4) is 0 Å². The molecule has 0 aliphatic heterocycles. The van der Waals surface area contributed by atoms with Crippen LogP contribution >= 0.6 is 0 Å². The molecule has 5 N–H and O–H groups in total. The molecule has 5 nitrogen and oxygen atoms in total. The first-order valence-corrected chi connectivity index (χ1v) is 6.33. The summed E-state index contributed by atoms with van der Waals surface area (Å²) in [4.78, 5) is 3.99. The zero-order chi connectivity index (χ0) is 13.6. The van der Waals surface area contributed by atoms with Crippen LogP contribution in [-0.2, 0) is 11.2 Å². The number of nitrogens with zero attached hydrogens (tertiary/aromatic N) is 1. The van der Waals surface area contributed by atoms with E-state index in [9.17, 15) is 0 Å². The lowest BCUT2D eigenvalue weighted by atomic mass is 9.85. The van der Waals surface area contributed by atoms with E-state index in [0.29, 0.717) is 5.82 Å². The van der Waals surface area contributed by atoms with E-state index >= 15 is 0 Å². The fourth-order valence-corrected chi connectivity index (χ4v) is 2.43. The van der Waals surface area contributed by atoms with Crippen molar-refractivity contribution in [3.05, 3.63) is 23.9 Å². The molecule has 1 unspecified atom stereocenters. The standard InChI is InChI=1S/C13H24N4O/c1-4-13(5-2,18-3)11(17-15)8-10-6-7-16-12(14)9-10/h6-7,9,11,17H,4-5,8,15H2,1-3H3,(H2,14,16). The van der Waals surface area contributed by atoms with Gasteiger partial charge in [0, 0.05) is 13.3 Å². The maximum Gasteiger partial charge on any atom is 0.123 e. The van der Waals surface area contributed by atoms with Crippen LogP contribution in [0.2, 0.25) is 0 Å². The SMILES string of the molecule is CCC(CC)(OC)C(Cc1ccnc(N)c1)NN. The first-order chi connectivity index (χ1) is 8.61. The molecule has 0 saturated carbocycles. The fraction of sp³-hybridized carbons (Fsp3) is 0.615. The highest BCUT2D eigenvalue weighted by atomic mass is 16.5. The van der Waals surface area contributed by atoms with Crippen LogP contribution in [-0.4, -0.2) is 23.7 Å². The molecule has 0 aromatic carbocycles. The molecule has 5 heteroatoms. The van der Waals surface area contributed by atoms with Crippen LogP contribution in [0.25, 0.3) is 0 Å². The molecule has 1 rings (SSSR count). The summed E-state index contributed by atoms with van der Waals surface area (Å²) in [6.45, 7) is 4.22. The fourth-order valence-electron chi connectivity index (χ4n) is 2.43. The third-order valence-electron chi connectivity index (χ3n) is 3.73. The van der Waals surface area contributed by atoms with E-state index in [-0.39, 0.29) is 11.6 Å². The Hall–Kier alpha value is -1.17. The number of hydrazine groups is 1. The van der Waals surface area contributed by atoms with Crippen LogP contribution in [0.4, 0.5) is 5.82 Å². The van der Waals surface area contributed by atoms with Gasteiger partial charge in [-0.15, -0.1) is 0 Å². The van der Waals surface area contributed by atoms with Gasteiger partial charge in [-0.05, 0) is 37.0 Å². The largest absolute Gasteiger partial charge is 0.384 e. The molecular weight excluding hydrogens is 228 g/mol. The molecule has 0 fully saturated rings. The number of rotatable bonds is 7. The van der Waals surface area contributed by atoms with Gasteiger partial charge in [0.2, 0.25) is 0 Å². The Kier molecular flexibility index (Phi) is 5.53. The van der Waals surface area contributed by atoms with Crippen molar-refractivity contribution in [2.75, 3.05) is 12.8 Å². The number of hydrogen-bond donors (Lipinski definition) is 3. The summed E-state index contributed by atoms with van der Waals surface area (Å²) in [5.41, 5.74) is 9.41. The van der Waals surface area contributed by atoms with Crippen molar-refractivity contribution in [2.45, 2.75) is 44.8 Å². The summed E-state index contributed by atoms with van der Waals surface area (Å²) in [6.07, 6.45) is 4.27. The van der Waals surface area contributed by atoms with E-state index in [2.05, 4.69) is 24.3 Å². The lowest BCUT2D eigenvalue weighted by molar-refractivity contribution is -0.0473. The third kappa shape index (κ3) is 3.19. The highest BCUT2D eigenvalue weighted by Crippen LogP contribution is 2.26. The molecule has 1 heterocycles. The van der Waals surface area contributed by atoms with E-state index in [1.165, 1.54) is 0 Å². The van der Waals surface area contributed by atoms with Gasteiger partial charge in [0.1, 0.15) is 5.82 Å². The molecule has 18 heavy (non-hydrogen) atoms. The Balaban J connectivity index is 2.90. The zero-order valence-corrected chi connectivity index (χ0v) is 11.4. The second kappa shape index (κ2) is 6.68. The van der Waals surface area contributed by atoms with E-state index < -0.39 is 0 Å². The zero-order valence-electron chi connectivity index (χ0n) is 11.4. The van der Waals surface area contributed by atoms with E-state index in [0.717, 1.165) is 24.8 Å². The van der Waals surface area contributed by atoms with Gasteiger partial charge < -0.3 is 10.5 Å². The Bertz CT molecular complexity index is 357. The predicted molar refractivity (Wildman–Crippen MR) is 73.8 cm³/mol. The van der Waals surface area contributed by atoms with Crippen molar-refractivity contribution in [3.8, 4) is 0 Å². The number of nitrogens with two attached hydrogens (primary N) is 2. The summed E-state index contributed by atoms with van der Waals surface area (Å²) < 4.78 is 5.70. The summed E-state index contributed by atoms with van der Waals surface area (Å²) in [5, 5.41) is 0. The Morgan fingerprint density at radius 3 is 2.56 bits per heavy atom. The molecule has 1 aromatic heterocycles. The van der Waals surface area contributed by atoms with Crippen molar-refractivity contribution < 1.29 is 4.74 Å². The summed E-state index contributed by atoms with van der Waals surface area (Å²) in [5.74, 6) is 6.22. The number of hydrogen-bond acceptors (Lipinski definition) is 5. The van der Waals surface area contributed by atoms with Crippen molar-refractivity contribution in [2.24, 2.45) is 5.84 Å². The summed E-state index contributed by atoms with van der Waals surface area (Å²) in [6, 6.07) is 3.86. The second-order valence-electron chi connectivity index (χ2n) is 4.49. The third-order valence-corrected chi connectivity index (χ3v) is 3.73. The average molecular weight is 252 g/mol. The van der Waals surface area contributed by atoms with Crippen LogP contribution < -0.4 is 17.0 Å². The Morgan fingerprint density at radius 1 is 1.44 bits per heavy atom. The van der Waals surface area contributed by atoms with Crippen molar-refractivity contribution in [1.29, 1.82) is 0 Å². The number of nitrogens with one attached hydrogen (secondary N) is 1. The van der Waals surface area contributed by atoms with Gasteiger partial charge in [0.05, 0.1) is 11.6 Å². The number of nitrogen functional groups attached to an aromatic ring is 1. The van der Waals surface area contributed by atoms with Crippen LogP contribution in [0.1, 0.15) is 32.3 Å². The van der Waals surface area contributed by atoms with Crippen molar-refractivity contribution >= 4 is 5.82 Å². The summed E-state index contributed by atoms with van der Waals surface area (Å²) in [7, 11) is 1.73. The number of aromatic nitrogens is 1. The van der Waals surface area contributed by atoms with Gasteiger partial charge in [0.25, 0.3) is 0 Å². The smallest absolute Gasteiger partial charge is 0.123 e. The second-order valence-corrected chi connectivity index (χ2v) is 4.49. The summed E-state index contributed by atoms with van der Waals surface area (Å²) >= 11 is 0. The molecular formula is C13H24N4O. The van der Waals surface area contributed by atoms with Crippen LogP contribution in [0.5, 0.6) is 0 Å². The Morgan fingerprint density at radius 2 is 2.11 bits per heavy atom. The minimum atomic E-state index is -0.257. The molecule has 0 amide bonds. The van der Waals surface area contributed by atoms with Gasteiger partial charge in [-0.25, -0.2) is 4.98 Å². The van der Waals surface area contributed by atoms with Gasteiger partial charge in [-0.3, -0.25) is 11.3 Å². The molecule has 102 valence electrons. The average Bonchev–Trinajstić information content (AvgIpc) is 2.40. The molecule has 0 aliphatic carbocycles. The van der Waals surface area contributed by atoms with Gasteiger partial charge in [0.15, 0.2) is 0 Å².